The van der Waals surface area contributed by atoms with Crippen LogP contribution >= 0.6 is 27.5 Å². The summed E-state index contributed by atoms with van der Waals surface area (Å²) in [6.45, 7) is 2.56. The molecule has 0 bridgehead atoms. The second-order valence-electron chi connectivity index (χ2n) is 6.84. The van der Waals surface area contributed by atoms with Gasteiger partial charge in [0.2, 0.25) is 0 Å². The third kappa shape index (κ3) is 7.29. The fourth-order valence-corrected chi connectivity index (χ4v) is 3.31. The Morgan fingerprint density at radius 1 is 1.06 bits per heavy atom. The molecular weight excluding hydrogens is 529 g/mol. The summed E-state index contributed by atoms with van der Waals surface area (Å²) in [4.78, 5) is 23.9. The Bertz CT molecular complexity index is 1220. The topological polar surface area (TPSA) is 89.0 Å². The number of nitrogens with zero attached hydrogens (tertiary/aromatic N) is 1. The standard InChI is InChI=1S/C24H20BrClFN3O4/c1-2-33-22-11-15(6-9-21(22)34-14-16-4-3-5-18(26)10-16)13-28-30-24(32)23(31)29-20-8-7-17(25)12-19(20)27/h3-13H,2,14H2,1H3,(H,29,31)(H,30,32)/b28-13+. The molecule has 176 valence electrons. The number of anilines is 1. The molecule has 2 amide bonds. The second kappa shape index (κ2) is 12.2. The summed E-state index contributed by atoms with van der Waals surface area (Å²) in [6, 6.07) is 16.5. The largest absolute Gasteiger partial charge is 0.490 e. The van der Waals surface area contributed by atoms with Gasteiger partial charge in [-0.1, -0.05) is 39.7 Å². The Morgan fingerprint density at radius 3 is 2.62 bits per heavy atom. The highest BCUT2D eigenvalue weighted by atomic mass is 79.9. The van der Waals surface area contributed by atoms with E-state index < -0.39 is 17.6 Å². The summed E-state index contributed by atoms with van der Waals surface area (Å²) in [5.74, 6) is -1.77. The molecule has 3 aromatic rings. The third-order valence-corrected chi connectivity index (χ3v) is 5.04. The van der Waals surface area contributed by atoms with Gasteiger partial charge in [-0.3, -0.25) is 9.59 Å². The highest BCUT2D eigenvalue weighted by molar-refractivity contribution is 9.10. The van der Waals surface area contributed by atoms with Crippen molar-refractivity contribution in [1.82, 2.24) is 5.43 Å². The monoisotopic (exact) mass is 547 g/mol. The molecule has 0 aromatic heterocycles. The van der Waals surface area contributed by atoms with Gasteiger partial charge < -0.3 is 14.8 Å². The molecule has 0 radical (unpaired) electrons. The molecule has 0 aliphatic carbocycles. The maximum atomic E-state index is 13.8. The van der Waals surface area contributed by atoms with Crippen LogP contribution in [-0.4, -0.2) is 24.6 Å². The van der Waals surface area contributed by atoms with E-state index in [4.69, 9.17) is 21.1 Å². The predicted molar refractivity (Wildman–Crippen MR) is 132 cm³/mol. The highest BCUT2D eigenvalue weighted by Gasteiger charge is 2.15. The van der Waals surface area contributed by atoms with Crippen LogP contribution in [0.3, 0.4) is 0 Å². The zero-order valence-electron chi connectivity index (χ0n) is 18.0. The molecule has 34 heavy (non-hydrogen) atoms. The van der Waals surface area contributed by atoms with Gasteiger partial charge in [-0.25, -0.2) is 9.82 Å². The first kappa shape index (κ1) is 25.2. The van der Waals surface area contributed by atoms with Crippen LogP contribution in [0.1, 0.15) is 18.1 Å². The summed E-state index contributed by atoms with van der Waals surface area (Å²) in [5, 5.41) is 6.58. The van der Waals surface area contributed by atoms with E-state index in [1.54, 1.807) is 24.3 Å². The molecule has 0 heterocycles. The van der Waals surface area contributed by atoms with Crippen LogP contribution in [0.4, 0.5) is 10.1 Å². The zero-order valence-corrected chi connectivity index (χ0v) is 20.3. The van der Waals surface area contributed by atoms with Crippen LogP contribution in [0.25, 0.3) is 0 Å². The van der Waals surface area contributed by atoms with Crippen molar-refractivity contribution in [2.75, 3.05) is 11.9 Å². The number of benzene rings is 3. The number of hydrazone groups is 1. The van der Waals surface area contributed by atoms with Gasteiger partial charge in [0.05, 0.1) is 18.5 Å². The van der Waals surface area contributed by atoms with Crippen molar-refractivity contribution in [2.24, 2.45) is 5.10 Å². The number of rotatable bonds is 8. The predicted octanol–water partition coefficient (Wildman–Crippen LogP) is 5.31. The normalized spacial score (nSPS) is 10.7. The molecule has 0 fully saturated rings. The quantitative estimate of drug-likeness (QED) is 0.227. The van der Waals surface area contributed by atoms with Gasteiger partial charge in [-0.15, -0.1) is 0 Å². The maximum Gasteiger partial charge on any atom is 0.329 e. The summed E-state index contributed by atoms with van der Waals surface area (Å²) in [5.41, 5.74) is 3.48. The Labute approximate surface area is 209 Å². The molecule has 3 aromatic carbocycles. The molecule has 0 atom stereocenters. The Hall–Kier alpha value is -3.43. The van der Waals surface area contributed by atoms with Crippen LogP contribution in [0.15, 0.2) is 70.2 Å². The molecule has 0 spiro atoms. The lowest BCUT2D eigenvalue weighted by atomic mass is 10.2. The minimum atomic E-state index is -1.06. The Balaban J connectivity index is 1.60. The van der Waals surface area contributed by atoms with E-state index in [0.29, 0.717) is 39.8 Å². The van der Waals surface area contributed by atoms with Crippen molar-refractivity contribution in [1.29, 1.82) is 0 Å². The van der Waals surface area contributed by atoms with E-state index in [9.17, 15) is 14.0 Å². The number of hydrogen-bond acceptors (Lipinski definition) is 5. The van der Waals surface area contributed by atoms with Crippen molar-refractivity contribution in [3.8, 4) is 11.5 Å². The second-order valence-corrected chi connectivity index (χ2v) is 8.19. The first-order chi connectivity index (χ1) is 16.4. The number of nitrogens with one attached hydrogen (secondary N) is 2. The van der Waals surface area contributed by atoms with Gasteiger partial charge in [0.15, 0.2) is 11.5 Å². The van der Waals surface area contributed by atoms with Crippen LogP contribution < -0.4 is 20.2 Å². The molecule has 3 rings (SSSR count). The Kier molecular flexibility index (Phi) is 9.00. The van der Waals surface area contributed by atoms with Gasteiger partial charge in [-0.2, -0.15) is 5.10 Å². The van der Waals surface area contributed by atoms with Gasteiger partial charge in [0.25, 0.3) is 0 Å². The lowest BCUT2D eigenvalue weighted by Crippen LogP contribution is -2.32. The van der Waals surface area contributed by atoms with E-state index in [1.807, 2.05) is 25.1 Å². The molecule has 10 heteroatoms. The maximum absolute atomic E-state index is 13.8. The van der Waals surface area contributed by atoms with Crippen LogP contribution in [-0.2, 0) is 16.2 Å². The minimum absolute atomic E-state index is 0.123. The van der Waals surface area contributed by atoms with Crippen molar-refractivity contribution < 1.29 is 23.5 Å². The lowest BCUT2D eigenvalue weighted by molar-refractivity contribution is -0.136. The first-order valence-corrected chi connectivity index (χ1v) is 11.3. The van der Waals surface area contributed by atoms with Crippen molar-refractivity contribution in [2.45, 2.75) is 13.5 Å². The SMILES string of the molecule is CCOc1cc(/C=N/NC(=O)C(=O)Nc2ccc(Br)cc2F)ccc1OCc1cccc(Cl)c1. The number of carbonyl (C=O) groups is 2. The van der Waals surface area contributed by atoms with Gasteiger partial charge >= 0.3 is 11.8 Å². The highest BCUT2D eigenvalue weighted by Crippen LogP contribution is 2.29. The molecule has 0 saturated carbocycles. The van der Waals surface area contributed by atoms with E-state index in [0.717, 1.165) is 5.56 Å². The average molecular weight is 549 g/mol. The summed E-state index contributed by atoms with van der Waals surface area (Å²) in [6.07, 6.45) is 1.34. The first-order valence-electron chi connectivity index (χ1n) is 10.1. The number of halogens is 3. The Morgan fingerprint density at radius 2 is 1.88 bits per heavy atom. The van der Waals surface area contributed by atoms with Crippen LogP contribution in [0.2, 0.25) is 5.02 Å². The number of amides is 2. The summed E-state index contributed by atoms with van der Waals surface area (Å²) >= 11 is 9.12. The number of hydrogen-bond donors (Lipinski definition) is 2. The molecule has 0 saturated heterocycles. The van der Waals surface area contributed by atoms with Gasteiger partial charge in [-0.05, 0) is 66.6 Å². The van der Waals surface area contributed by atoms with E-state index >= 15 is 0 Å². The number of ether oxygens (including phenoxy) is 2. The lowest BCUT2D eigenvalue weighted by Gasteiger charge is -2.12. The summed E-state index contributed by atoms with van der Waals surface area (Å²) < 4.78 is 25.8. The van der Waals surface area contributed by atoms with E-state index in [1.165, 1.54) is 24.4 Å². The van der Waals surface area contributed by atoms with Crippen LogP contribution in [0.5, 0.6) is 11.5 Å². The molecular formula is C24H20BrClFN3O4. The van der Waals surface area contributed by atoms with E-state index in [2.05, 4.69) is 31.8 Å². The molecule has 2 N–H and O–H groups in total. The van der Waals surface area contributed by atoms with Gasteiger partial charge in [0.1, 0.15) is 12.4 Å². The average Bonchev–Trinajstić information content (AvgIpc) is 2.80. The fraction of sp³-hybridized carbons (Fsp3) is 0.125. The zero-order chi connectivity index (χ0) is 24.5. The van der Waals surface area contributed by atoms with Crippen molar-refractivity contribution in [3.63, 3.8) is 0 Å². The molecule has 7 nitrogen and oxygen atoms in total. The molecule has 0 aliphatic rings. The molecule has 0 unspecified atom stereocenters. The fourth-order valence-electron chi connectivity index (χ4n) is 2.77. The smallest absolute Gasteiger partial charge is 0.329 e. The summed E-state index contributed by atoms with van der Waals surface area (Å²) in [7, 11) is 0. The van der Waals surface area contributed by atoms with E-state index in [-0.39, 0.29) is 5.69 Å². The molecule has 0 aliphatic heterocycles. The third-order valence-electron chi connectivity index (χ3n) is 4.32. The number of carbonyl (C=O) groups excluding carboxylic acids is 2. The van der Waals surface area contributed by atoms with Crippen LogP contribution in [0, 0.1) is 5.82 Å². The minimum Gasteiger partial charge on any atom is -0.490 e. The van der Waals surface area contributed by atoms with Gasteiger partial charge in [0, 0.05) is 9.50 Å². The van der Waals surface area contributed by atoms with Crippen molar-refractivity contribution >= 4 is 51.2 Å². The van der Waals surface area contributed by atoms with Crippen molar-refractivity contribution in [3.05, 3.63) is 87.1 Å².